The molecule has 7 heteroatoms. The molecule has 0 aromatic carbocycles. The molecule has 3 rings (SSSR count). The fourth-order valence-corrected chi connectivity index (χ4v) is 2.45. The van der Waals surface area contributed by atoms with Gasteiger partial charge in [-0.1, -0.05) is 11.3 Å². The number of hydrogen-bond donors (Lipinski definition) is 1. The Kier molecular flexibility index (Phi) is 3.30. The molecule has 0 fully saturated rings. The van der Waals surface area contributed by atoms with E-state index in [4.69, 9.17) is 5.73 Å². The van der Waals surface area contributed by atoms with Gasteiger partial charge in [0.25, 0.3) is 0 Å². The molecule has 0 spiro atoms. The standard InChI is InChI=1S/C12H12N6S/c13-5-9-6-18(17-16-9)7-10-8-19-12(15-10)11-3-1-2-4-14-11/h1-4,6,8H,5,7,13H2. The Hall–Kier alpha value is -2.12. The van der Waals surface area contributed by atoms with Gasteiger partial charge in [0.2, 0.25) is 0 Å². The largest absolute Gasteiger partial charge is 0.325 e. The van der Waals surface area contributed by atoms with Crippen molar-refractivity contribution >= 4 is 11.3 Å². The van der Waals surface area contributed by atoms with Crippen LogP contribution in [0.1, 0.15) is 11.4 Å². The maximum atomic E-state index is 5.50. The minimum Gasteiger partial charge on any atom is -0.325 e. The van der Waals surface area contributed by atoms with E-state index < -0.39 is 0 Å². The Morgan fingerprint density at radius 3 is 2.95 bits per heavy atom. The molecule has 3 aromatic heterocycles. The first-order chi connectivity index (χ1) is 9.35. The average molecular weight is 272 g/mol. The van der Waals surface area contributed by atoms with Gasteiger partial charge in [-0.15, -0.1) is 16.4 Å². The highest BCUT2D eigenvalue weighted by atomic mass is 32.1. The molecular formula is C12H12N6S. The number of pyridine rings is 1. The number of thiazole rings is 1. The number of aromatic nitrogens is 5. The van der Waals surface area contributed by atoms with E-state index in [1.54, 1.807) is 22.2 Å². The van der Waals surface area contributed by atoms with E-state index in [0.29, 0.717) is 13.1 Å². The molecule has 0 radical (unpaired) electrons. The Morgan fingerprint density at radius 1 is 1.26 bits per heavy atom. The smallest absolute Gasteiger partial charge is 0.142 e. The molecule has 0 aliphatic heterocycles. The summed E-state index contributed by atoms with van der Waals surface area (Å²) in [6, 6.07) is 5.79. The maximum Gasteiger partial charge on any atom is 0.142 e. The molecular weight excluding hydrogens is 260 g/mol. The van der Waals surface area contributed by atoms with E-state index in [0.717, 1.165) is 22.1 Å². The van der Waals surface area contributed by atoms with Crippen LogP contribution in [0.4, 0.5) is 0 Å². The van der Waals surface area contributed by atoms with Crippen LogP contribution >= 0.6 is 11.3 Å². The van der Waals surface area contributed by atoms with Gasteiger partial charge in [0, 0.05) is 18.1 Å². The summed E-state index contributed by atoms with van der Waals surface area (Å²) in [7, 11) is 0. The summed E-state index contributed by atoms with van der Waals surface area (Å²) in [5.41, 5.74) is 8.11. The van der Waals surface area contributed by atoms with Gasteiger partial charge in [-0.25, -0.2) is 9.67 Å². The molecule has 0 aliphatic carbocycles. The summed E-state index contributed by atoms with van der Waals surface area (Å²) in [6.07, 6.45) is 3.60. The average Bonchev–Trinajstić information content (AvgIpc) is 3.09. The summed E-state index contributed by atoms with van der Waals surface area (Å²) in [6.45, 7) is 0.993. The minimum absolute atomic E-state index is 0.399. The van der Waals surface area contributed by atoms with Crippen LogP contribution in [-0.4, -0.2) is 25.0 Å². The molecule has 19 heavy (non-hydrogen) atoms. The predicted octanol–water partition coefficient (Wildman–Crippen LogP) is 1.30. The number of nitrogens with two attached hydrogens (primary N) is 1. The Bertz CT molecular complexity index is 660. The highest BCUT2D eigenvalue weighted by molar-refractivity contribution is 7.13. The summed E-state index contributed by atoms with van der Waals surface area (Å²) in [5, 5.41) is 10.9. The molecule has 2 N–H and O–H groups in total. The molecule has 0 saturated carbocycles. The maximum absolute atomic E-state index is 5.50. The van der Waals surface area contributed by atoms with Crippen molar-refractivity contribution in [2.24, 2.45) is 5.73 Å². The quantitative estimate of drug-likeness (QED) is 0.774. The van der Waals surface area contributed by atoms with Crippen LogP contribution in [0.15, 0.2) is 36.0 Å². The molecule has 0 bridgehead atoms. The van der Waals surface area contributed by atoms with Crippen LogP contribution in [0.25, 0.3) is 10.7 Å². The second-order valence-corrected chi connectivity index (χ2v) is 4.83. The highest BCUT2D eigenvalue weighted by Gasteiger charge is 2.07. The van der Waals surface area contributed by atoms with Crippen molar-refractivity contribution in [3.63, 3.8) is 0 Å². The van der Waals surface area contributed by atoms with Gasteiger partial charge in [-0.2, -0.15) is 0 Å². The molecule has 0 atom stereocenters. The van der Waals surface area contributed by atoms with Crippen molar-refractivity contribution < 1.29 is 0 Å². The Labute approximate surface area is 113 Å². The normalized spacial score (nSPS) is 10.8. The van der Waals surface area contributed by atoms with Gasteiger partial charge in [0.15, 0.2) is 0 Å². The SMILES string of the molecule is NCc1cn(Cc2csc(-c3ccccn3)n2)nn1. The van der Waals surface area contributed by atoms with Crippen LogP contribution in [0.3, 0.4) is 0 Å². The van der Waals surface area contributed by atoms with E-state index in [2.05, 4.69) is 20.3 Å². The molecule has 0 amide bonds. The van der Waals surface area contributed by atoms with Crippen molar-refractivity contribution in [2.45, 2.75) is 13.1 Å². The van der Waals surface area contributed by atoms with E-state index in [9.17, 15) is 0 Å². The molecule has 96 valence electrons. The molecule has 0 aliphatic rings. The van der Waals surface area contributed by atoms with Crippen LogP contribution in [0, 0.1) is 0 Å². The Morgan fingerprint density at radius 2 is 2.21 bits per heavy atom. The number of hydrogen-bond acceptors (Lipinski definition) is 6. The molecule has 6 nitrogen and oxygen atoms in total. The summed E-state index contributed by atoms with van der Waals surface area (Å²) in [4.78, 5) is 8.83. The minimum atomic E-state index is 0.399. The monoisotopic (exact) mass is 272 g/mol. The van der Waals surface area contributed by atoms with E-state index in [1.807, 2.05) is 29.8 Å². The van der Waals surface area contributed by atoms with Gasteiger partial charge >= 0.3 is 0 Å². The third-order valence-electron chi connectivity index (χ3n) is 2.55. The lowest BCUT2D eigenvalue weighted by atomic mass is 10.4. The summed E-state index contributed by atoms with van der Waals surface area (Å²) >= 11 is 1.57. The fraction of sp³-hybridized carbons (Fsp3) is 0.167. The number of nitrogens with zero attached hydrogens (tertiary/aromatic N) is 5. The van der Waals surface area contributed by atoms with E-state index in [-0.39, 0.29) is 0 Å². The second-order valence-electron chi connectivity index (χ2n) is 3.97. The number of rotatable bonds is 4. The first-order valence-electron chi connectivity index (χ1n) is 5.80. The summed E-state index contributed by atoms with van der Waals surface area (Å²) < 4.78 is 1.74. The van der Waals surface area contributed by atoms with Gasteiger partial charge < -0.3 is 5.73 Å². The second kappa shape index (κ2) is 5.25. The highest BCUT2D eigenvalue weighted by Crippen LogP contribution is 2.21. The predicted molar refractivity (Wildman–Crippen MR) is 72.4 cm³/mol. The van der Waals surface area contributed by atoms with Crippen LogP contribution in [-0.2, 0) is 13.1 Å². The lowest BCUT2D eigenvalue weighted by Crippen LogP contribution is -2.01. The third kappa shape index (κ3) is 2.67. The third-order valence-corrected chi connectivity index (χ3v) is 3.47. The van der Waals surface area contributed by atoms with Gasteiger partial charge in [-0.3, -0.25) is 4.98 Å². The molecule has 3 heterocycles. The van der Waals surface area contributed by atoms with Crippen molar-refractivity contribution in [3.8, 4) is 10.7 Å². The first kappa shape index (κ1) is 11.9. The Balaban J connectivity index is 1.78. The molecule has 0 unspecified atom stereocenters. The van der Waals surface area contributed by atoms with Gasteiger partial charge in [0.05, 0.1) is 29.8 Å². The van der Waals surface area contributed by atoms with Crippen molar-refractivity contribution in [3.05, 3.63) is 47.4 Å². The van der Waals surface area contributed by atoms with Crippen molar-refractivity contribution in [2.75, 3.05) is 0 Å². The first-order valence-corrected chi connectivity index (χ1v) is 6.68. The molecule has 0 saturated heterocycles. The van der Waals surface area contributed by atoms with Gasteiger partial charge in [0.1, 0.15) is 5.01 Å². The zero-order valence-corrected chi connectivity index (χ0v) is 10.9. The lowest BCUT2D eigenvalue weighted by molar-refractivity contribution is 0.641. The van der Waals surface area contributed by atoms with E-state index >= 15 is 0 Å². The molecule has 3 aromatic rings. The van der Waals surface area contributed by atoms with Crippen molar-refractivity contribution in [1.82, 2.24) is 25.0 Å². The zero-order valence-electron chi connectivity index (χ0n) is 10.1. The van der Waals surface area contributed by atoms with Crippen LogP contribution in [0.5, 0.6) is 0 Å². The van der Waals surface area contributed by atoms with Crippen LogP contribution < -0.4 is 5.73 Å². The van der Waals surface area contributed by atoms with Crippen LogP contribution in [0.2, 0.25) is 0 Å². The summed E-state index contributed by atoms with van der Waals surface area (Å²) in [5.74, 6) is 0. The van der Waals surface area contributed by atoms with Crippen molar-refractivity contribution in [1.29, 1.82) is 0 Å². The fourth-order valence-electron chi connectivity index (χ4n) is 1.66. The van der Waals surface area contributed by atoms with E-state index in [1.165, 1.54) is 0 Å². The van der Waals surface area contributed by atoms with Gasteiger partial charge in [-0.05, 0) is 12.1 Å². The topological polar surface area (TPSA) is 82.5 Å². The zero-order chi connectivity index (χ0) is 13.1. The lowest BCUT2D eigenvalue weighted by Gasteiger charge is -1.95.